The lowest BCUT2D eigenvalue weighted by molar-refractivity contribution is -0.120. The van der Waals surface area contributed by atoms with E-state index in [0.29, 0.717) is 36.3 Å². The molecule has 3 rings (SSSR count). The number of hydrogen-bond donors (Lipinski definition) is 6. The monoisotopic (exact) mass is 519 g/mol. The van der Waals surface area contributed by atoms with Gasteiger partial charge in [0.25, 0.3) is 5.91 Å². The molecule has 0 spiro atoms. The predicted molar refractivity (Wildman–Crippen MR) is 147 cm³/mol. The lowest BCUT2D eigenvalue weighted by Gasteiger charge is -2.18. The minimum absolute atomic E-state index is 0.00487. The van der Waals surface area contributed by atoms with Gasteiger partial charge >= 0.3 is 0 Å². The maximum absolute atomic E-state index is 12.5. The molecule has 0 aromatic heterocycles. The first-order valence-corrected chi connectivity index (χ1v) is 12.8. The van der Waals surface area contributed by atoms with E-state index < -0.39 is 6.10 Å². The molecule has 8 nitrogen and oxygen atoms in total. The summed E-state index contributed by atoms with van der Waals surface area (Å²) in [6, 6.07) is 19.9. The largest absolute Gasteiger partial charge is 0.508 e. The molecular weight excluding hydrogens is 482 g/mol. The van der Waals surface area contributed by atoms with E-state index in [1.54, 1.807) is 24.3 Å². The molecule has 0 fully saturated rings. The number of hydrogen-bond acceptors (Lipinski definition) is 6. The highest BCUT2D eigenvalue weighted by Gasteiger charge is 2.13. The first-order valence-electron chi connectivity index (χ1n) is 12.8. The van der Waals surface area contributed by atoms with Gasteiger partial charge in [0.15, 0.2) is 0 Å². The fourth-order valence-electron chi connectivity index (χ4n) is 4.15. The Bertz CT molecular complexity index is 1210. The number of aliphatic hydroxyl groups excluding tert-OH is 2. The minimum Gasteiger partial charge on any atom is -0.508 e. The van der Waals surface area contributed by atoms with Crippen molar-refractivity contribution >= 4 is 11.8 Å². The molecular formula is C30H37N3O5. The molecule has 8 heteroatoms. The second kappa shape index (κ2) is 14.3. The molecule has 0 aliphatic carbocycles. The first kappa shape index (κ1) is 28.8. The third kappa shape index (κ3) is 8.69. The zero-order valence-corrected chi connectivity index (χ0v) is 21.9. The van der Waals surface area contributed by atoms with Crippen molar-refractivity contribution < 1.29 is 24.9 Å². The average molecular weight is 520 g/mol. The van der Waals surface area contributed by atoms with Gasteiger partial charge in [0, 0.05) is 36.8 Å². The average Bonchev–Trinajstić information content (AvgIpc) is 2.91. The van der Waals surface area contributed by atoms with Crippen LogP contribution in [0.5, 0.6) is 5.75 Å². The molecule has 0 bridgehead atoms. The number of benzene rings is 3. The van der Waals surface area contributed by atoms with Crippen molar-refractivity contribution in [1.29, 1.82) is 0 Å². The smallest absolute Gasteiger partial charge is 0.251 e. The molecule has 3 aromatic rings. The zero-order chi connectivity index (χ0) is 27.5. The fraction of sp³-hybridized carbons (Fsp3) is 0.333. The third-order valence-corrected chi connectivity index (χ3v) is 6.26. The Morgan fingerprint density at radius 1 is 0.921 bits per heavy atom. The molecule has 0 heterocycles. The standard InChI is InChI=1S/C30H37N3O5/c1-3-31-30(38)24-9-7-21(8-10-24)17-33-29(37)15-23-6-4-5-22(14-23)13-20(2)32-18-28(36)25-11-12-27(35)26(16-25)19-34/h4-12,14,16,20,28,32,34-36H,3,13,15,17-19H2,1-2H3,(H,31,38)(H,33,37)/t20-,28+/m1/s1. The summed E-state index contributed by atoms with van der Waals surface area (Å²) in [7, 11) is 0. The zero-order valence-electron chi connectivity index (χ0n) is 21.9. The second-order valence-electron chi connectivity index (χ2n) is 9.41. The molecule has 0 aliphatic heterocycles. The lowest BCUT2D eigenvalue weighted by Crippen LogP contribution is -2.32. The van der Waals surface area contributed by atoms with Gasteiger partial charge in [-0.15, -0.1) is 0 Å². The summed E-state index contributed by atoms with van der Waals surface area (Å²) in [5, 5.41) is 38.5. The molecule has 3 aromatic carbocycles. The first-order chi connectivity index (χ1) is 18.3. The quantitative estimate of drug-likeness (QED) is 0.206. The maximum Gasteiger partial charge on any atom is 0.251 e. The summed E-state index contributed by atoms with van der Waals surface area (Å²) >= 11 is 0. The van der Waals surface area contributed by atoms with Crippen molar-refractivity contribution in [2.24, 2.45) is 0 Å². The number of carbonyl (C=O) groups excluding carboxylic acids is 2. The summed E-state index contributed by atoms with van der Waals surface area (Å²) < 4.78 is 0. The predicted octanol–water partition coefficient (Wildman–Crippen LogP) is 2.75. The van der Waals surface area contributed by atoms with Crippen LogP contribution in [0.4, 0.5) is 0 Å². The fourth-order valence-corrected chi connectivity index (χ4v) is 4.15. The Balaban J connectivity index is 1.45. The van der Waals surface area contributed by atoms with E-state index in [-0.39, 0.29) is 36.6 Å². The summed E-state index contributed by atoms with van der Waals surface area (Å²) in [5.74, 6) is -0.191. The number of phenols is 1. The van der Waals surface area contributed by atoms with E-state index in [9.17, 15) is 24.9 Å². The van der Waals surface area contributed by atoms with Crippen LogP contribution in [-0.2, 0) is 30.8 Å². The number of rotatable bonds is 13. The highest BCUT2D eigenvalue weighted by molar-refractivity contribution is 5.94. The number of carbonyl (C=O) groups is 2. The summed E-state index contributed by atoms with van der Waals surface area (Å²) in [4.78, 5) is 24.4. The Morgan fingerprint density at radius 3 is 2.37 bits per heavy atom. The van der Waals surface area contributed by atoms with Crippen LogP contribution in [0, 0.1) is 0 Å². The molecule has 38 heavy (non-hydrogen) atoms. The van der Waals surface area contributed by atoms with Gasteiger partial charge in [-0.1, -0.05) is 42.5 Å². The van der Waals surface area contributed by atoms with Gasteiger partial charge in [0.05, 0.1) is 19.1 Å². The lowest BCUT2D eigenvalue weighted by atomic mass is 10.0. The van der Waals surface area contributed by atoms with E-state index in [2.05, 4.69) is 16.0 Å². The van der Waals surface area contributed by atoms with Crippen LogP contribution < -0.4 is 16.0 Å². The van der Waals surface area contributed by atoms with Crippen molar-refractivity contribution in [2.45, 2.75) is 52.0 Å². The Kier molecular flexibility index (Phi) is 10.8. The normalized spacial score (nSPS) is 12.5. The van der Waals surface area contributed by atoms with Crippen LogP contribution in [0.25, 0.3) is 0 Å². The maximum atomic E-state index is 12.5. The van der Waals surface area contributed by atoms with Gasteiger partial charge in [0.1, 0.15) is 5.75 Å². The van der Waals surface area contributed by atoms with Crippen molar-refractivity contribution in [2.75, 3.05) is 13.1 Å². The van der Waals surface area contributed by atoms with Crippen LogP contribution in [0.1, 0.15) is 58.1 Å². The summed E-state index contributed by atoms with van der Waals surface area (Å²) in [6.07, 6.45) is 0.208. The number of amides is 2. The van der Waals surface area contributed by atoms with Crippen LogP contribution >= 0.6 is 0 Å². The molecule has 0 unspecified atom stereocenters. The van der Waals surface area contributed by atoms with Crippen LogP contribution in [0.15, 0.2) is 66.7 Å². The number of aliphatic hydroxyl groups is 2. The van der Waals surface area contributed by atoms with Gasteiger partial charge in [-0.3, -0.25) is 9.59 Å². The van der Waals surface area contributed by atoms with E-state index in [1.807, 2.05) is 50.2 Å². The topological polar surface area (TPSA) is 131 Å². The Hall–Kier alpha value is -3.72. The highest BCUT2D eigenvalue weighted by atomic mass is 16.3. The molecule has 202 valence electrons. The van der Waals surface area contributed by atoms with E-state index >= 15 is 0 Å². The Morgan fingerprint density at radius 2 is 1.66 bits per heavy atom. The van der Waals surface area contributed by atoms with Crippen molar-refractivity contribution in [3.63, 3.8) is 0 Å². The summed E-state index contributed by atoms with van der Waals surface area (Å²) in [5.41, 5.74) is 4.51. The van der Waals surface area contributed by atoms with Crippen LogP contribution in [0.2, 0.25) is 0 Å². The molecule has 0 saturated carbocycles. The van der Waals surface area contributed by atoms with Gasteiger partial charge < -0.3 is 31.3 Å². The summed E-state index contributed by atoms with van der Waals surface area (Å²) in [6.45, 7) is 4.89. The highest BCUT2D eigenvalue weighted by Crippen LogP contribution is 2.22. The molecule has 6 N–H and O–H groups in total. The van der Waals surface area contributed by atoms with E-state index in [0.717, 1.165) is 23.1 Å². The van der Waals surface area contributed by atoms with E-state index in [1.165, 1.54) is 6.07 Å². The van der Waals surface area contributed by atoms with Crippen LogP contribution in [0.3, 0.4) is 0 Å². The van der Waals surface area contributed by atoms with Gasteiger partial charge in [0.2, 0.25) is 5.91 Å². The van der Waals surface area contributed by atoms with Gasteiger partial charge in [-0.05, 0) is 66.8 Å². The number of nitrogens with one attached hydrogen (secondary N) is 3. The molecule has 0 aliphatic rings. The second-order valence-corrected chi connectivity index (χ2v) is 9.41. The van der Waals surface area contributed by atoms with Crippen LogP contribution in [-0.4, -0.2) is 46.3 Å². The van der Waals surface area contributed by atoms with Crippen molar-refractivity contribution in [3.8, 4) is 5.75 Å². The molecule has 0 saturated heterocycles. The van der Waals surface area contributed by atoms with Gasteiger partial charge in [-0.2, -0.15) is 0 Å². The molecule has 2 atom stereocenters. The SMILES string of the molecule is CCNC(=O)c1ccc(CNC(=O)Cc2cccc(C[C@@H](C)NC[C@H](O)c3ccc(O)c(CO)c3)c2)cc1. The molecule has 0 radical (unpaired) electrons. The van der Waals surface area contributed by atoms with Gasteiger partial charge in [-0.25, -0.2) is 0 Å². The number of aromatic hydroxyl groups is 1. The third-order valence-electron chi connectivity index (χ3n) is 6.26. The Labute approximate surface area is 223 Å². The minimum atomic E-state index is -0.775. The van der Waals surface area contributed by atoms with E-state index in [4.69, 9.17) is 0 Å². The van der Waals surface area contributed by atoms with Crippen molar-refractivity contribution in [1.82, 2.24) is 16.0 Å². The van der Waals surface area contributed by atoms with Crippen molar-refractivity contribution in [3.05, 3.63) is 100 Å². The molecule has 2 amide bonds.